The van der Waals surface area contributed by atoms with Gasteiger partial charge in [-0.2, -0.15) is 4.21 Å². The van der Waals surface area contributed by atoms with E-state index >= 15 is 0 Å². The number of carbonyl (C=O) groups excluding carboxylic acids is 1. The molecule has 0 radical (unpaired) electrons. The summed E-state index contributed by atoms with van der Waals surface area (Å²) in [6.07, 6.45) is 5.24. The fourth-order valence-corrected chi connectivity index (χ4v) is 0.946. The van der Waals surface area contributed by atoms with Gasteiger partial charge in [0, 0.05) is 12.8 Å². The first-order valence-corrected chi connectivity index (χ1v) is 4.51. The van der Waals surface area contributed by atoms with Gasteiger partial charge in [0.05, 0.1) is 0 Å². The molecule has 0 unspecified atom stereocenters. The summed E-state index contributed by atoms with van der Waals surface area (Å²) in [5.74, 6) is 0.464. The van der Waals surface area contributed by atoms with Gasteiger partial charge in [0.1, 0.15) is 5.78 Å². The van der Waals surface area contributed by atoms with E-state index in [1.807, 2.05) is 0 Å². The average molecular weight is 180 g/mol. The van der Waals surface area contributed by atoms with Crippen LogP contribution in [-0.2, 0) is 16.2 Å². The molecule has 0 aromatic heterocycles. The molecule has 1 aliphatic rings. The van der Waals surface area contributed by atoms with Crippen LogP contribution in [0.25, 0.3) is 0 Å². The molecule has 66 valence electrons. The van der Waals surface area contributed by atoms with E-state index in [9.17, 15) is 4.79 Å². The van der Waals surface area contributed by atoms with Crippen molar-refractivity contribution in [2.75, 3.05) is 0 Å². The van der Waals surface area contributed by atoms with Crippen molar-refractivity contribution in [1.29, 1.82) is 0 Å². The highest BCUT2D eigenvalue weighted by atomic mass is 32.2. The van der Waals surface area contributed by atoms with E-state index in [2.05, 4.69) is 0 Å². The molecule has 0 heterocycles. The highest BCUT2D eigenvalue weighted by Crippen LogP contribution is 2.12. The number of carbonyl (C=O) groups is 1. The number of rotatable bonds is 0. The van der Waals surface area contributed by atoms with Crippen LogP contribution in [0.4, 0.5) is 0 Å². The molecule has 0 amide bonds. The fraction of sp³-hybridized carbons (Fsp3) is 0.833. The summed E-state index contributed by atoms with van der Waals surface area (Å²) in [6.45, 7) is 0. The summed E-state index contributed by atoms with van der Waals surface area (Å²) in [7, 11) is 0. The quantitative estimate of drug-likeness (QED) is 0.549. The summed E-state index contributed by atoms with van der Waals surface area (Å²) in [5, 5.41) is 0. The minimum absolute atomic E-state index is 0.464. The van der Waals surface area contributed by atoms with Crippen LogP contribution in [0.3, 0.4) is 0 Å². The minimum Gasteiger partial charge on any atom is -0.300 e. The van der Waals surface area contributed by atoms with E-state index in [-0.39, 0.29) is 0 Å². The highest BCUT2D eigenvalue weighted by Gasteiger charge is 2.05. The first-order valence-electron chi connectivity index (χ1n) is 3.44. The molecule has 0 aliphatic heterocycles. The SMILES string of the molecule is O=C1CCCCC1.O=S(O)O. The number of hydrogen-bond donors (Lipinski definition) is 2. The molecule has 4 nitrogen and oxygen atoms in total. The molecular weight excluding hydrogens is 168 g/mol. The van der Waals surface area contributed by atoms with Gasteiger partial charge >= 0.3 is 0 Å². The molecule has 2 N–H and O–H groups in total. The lowest BCUT2D eigenvalue weighted by Gasteiger charge is -2.05. The maximum Gasteiger partial charge on any atom is 0.299 e. The van der Waals surface area contributed by atoms with Crippen molar-refractivity contribution in [1.82, 2.24) is 0 Å². The van der Waals surface area contributed by atoms with E-state index in [1.165, 1.54) is 6.42 Å². The third-order valence-electron chi connectivity index (χ3n) is 1.41. The summed E-state index contributed by atoms with van der Waals surface area (Å²) in [4.78, 5) is 10.5. The Morgan fingerprint density at radius 3 is 1.64 bits per heavy atom. The third kappa shape index (κ3) is 9.74. The molecule has 0 aromatic rings. The van der Waals surface area contributed by atoms with E-state index < -0.39 is 11.4 Å². The van der Waals surface area contributed by atoms with E-state index in [4.69, 9.17) is 13.3 Å². The second kappa shape index (κ2) is 6.45. The zero-order valence-corrected chi connectivity index (χ0v) is 6.97. The Bertz CT molecular complexity index is 134. The van der Waals surface area contributed by atoms with Crippen LogP contribution in [0.15, 0.2) is 0 Å². The van der Waals surface area contributed by atoms with Gasteiger partial charge in [0.2, 0.25) is 0 Å². The van der Waals surface area contributed by atoms with Crippen molar-refractivity contribution in [2.24, 2.45) is 0 Å². The lowest BCUT2D eigenvalue weighted by Crippen LogP contribution is -2.02. The van der Waals surface area contributed by atoms with Gasteiger partial charge in [-0.15, -0.1) is 0 Å². The number of ketones is 1. The number of Topliss-reactive ketones (excluding diaryl/α,β-unsaturated/α-hetero) is 1. The third-order valence-corrected chi connectivity index (χ3v) is 1.41. The van der Waals surface area contributed by atoms with Crippen molar-refractivity contribution >= 4 is 17.1 Å². The Hall–Kier alpha value is -0.260. The van der Waals surface area contributed by atoms with Gasteiger partial charge in [0.25, 0.3) is 11.4 Å². The molecule has 5 heteroatoms. The predicted molar refractivity (Wildman–Crippen MR) is 41.5 cm³/mol. The molecule has 0 saturated heterocycles. The maximum atomic E-state index is 10.5. The predicted octanol–water partition coefficient (Wildman–Crippen LogP) is 1.20. The smallest absolute Gasteiger partial charge is 0.299 e. The first kappa shape index (κ1) is 10.7. The molecule has 11 heavy (non-hydrogen) atoms. The molecule has 0 bridgehead atoms. The first-order chi connectivity index (χ1) is 5.13. The van der Waals surface area contributed by atoms with Crippen LogP contribution in [0.1, 0.15) is 32.1 Å². The Labute approximate surface area is 68.1 Å². The van der Waals surface area contributed by atoms with Crippen molar-refractivity contribution in [3.63, 3.8) is 0 Å². The van der Waals surface area contributed by atoms with Gasteiger partial charge in [0.15, 0.2) is 0 Å². The molecule has 0 atom stereocenters. The van der Waals surface area contributed by atoms with Gasteiger partial charge in [-0.05, 0) is 12.8 Å². The second-order valence-corrected chi connectivity index (χ2v) is 2.79. The summed E-state index contributed by atoms with van der Waals surface area (Å²) in [5.41, 5.74) is 0. The highest BCUT2D eigenvalue weighted by molar-refractivity contribution is 7.73. The Morgan fingerprint density at radius 1 is 1.09 bits per heavy atom. The van der Waals surface area contributed by atoms with Gasteiger partial charge in [-0.25, -0.2) is 0 Å². The lowest BCUT2D eigenvalue weighted by molar-refractivity contribution is -0.120. The standard InChI is InChI=1S/C6H10O.H2O3S/c7-6-4-2-1-3-5-6;1-4(2)3/h1-5H2;(H2,1,2,3). The summed E-state index contributed by atoms with van der Waals surface area (Å²) in [6, 6.07) is 0. The number of hydrogen-bond acceptors (Lipinski definition) is 2. The van der Waals surface area contributed by atoms with Crippen LogP contribution in [0.5, 0.6) is 0 Å². The lowest BCUT2D eigenvalue weighted by atomic mass is 10.00. The monoisotopic (exact) mass is 180 g/mol. The van der Waals surface area contributed by atoms with Gasteiger partial charge < -0.3 is 0 Å². The van der Waals surface area contributed by atoms with Gasteiger partial charge in [-0.1, -0.05) is 6.42 Å². The Kier molecular flexibility index (Phi) is 6.30. The van der Waals surface area contributed by atoms with Gasteiger partial charge in [-0.3, -0.25) is 13.9 Å². The van der Waals surface area contributed by atoms with E-state index in [0.717, 1.165) is 25.7 Å². The molecule has 1 aliphatic carbocycles. The normalized spacial score (nSPS) is 17.5. The molecule has 1 saturated carbocycles. The summed E-state index contributed by atoms with van der Waals surface area (Å²) < 4.78 is 22.8. The molecule has 0 aromatic carbocycles. The Morgan fingerprint density at radius 2 is 1.45 bits per heavy atom. The molecule has 1 fully saturated rings. The molecule has 0 spiro atoms. The topological polar surface area (TPSA) is 74.6 Å². The zero-order chi connectivity index (χ0) is 8.69. The maximum absolute atomic E-state index is 10.5. The van der Waals surface area contributed by atoms with Crippen molar-refractivity contribution < 1.29 is 18.1 Å². The van der Waals surface area contributed by atoms with E-state index in [0.29, 0.717) is 5.78 Å². The van der Waals surface area contributed by atoms with Crippen molar-refractivity contribution in [3.05, 3.63) is 0 Å². The zero-order valence-electron chi connectivity index (χ0n) is 6.15. The van der Waals surface area contributed by atoms with E-state index in [1.54, 1.807) is 0 Å². The minimum atomic E-state index is -2.61. The van der Waals surface area contributed by atoms with Crippen LogP contribution >= 0.6 is 0 Å². The molecule has 1 rings (SSSR count). The summed E-state index contributed by atoms with van der Waals surface area (Å²) >= 11 is -2.61. The largest absolute Gasteiger partial charge is 0.300 e. The van der Waals surface area contributed by atoms with Crippen molar-refractivity contribution in [3.8, 4) is 0 Å². The Balaban J connectivity index is 0.000000218. The van der Waals surface area contributed by atoms with Crippen LogP contribution < -0.4 is 0 Å². The second-order valence-electron chi connectivity index (χ2n) is 2.33. The van der Waals surface area contributed by atoms with Crippen molar-refractivity contribution in [2.45, 2.75) is 32.1 Å². The van der Waals surface area contributed by atoms with Crippen LogP contribution in [0.2, 0.25) is 0 Å². The average Bonchev–Trinajstić information content (AvgIpc) is 1.87. The molecular formula is C6H12O4S. The van der Waals surface area contributed by atoms with Crippen LogP contribution in [-0.4, -0.2) is 19.1 Å². The fourth-order valence-electron chi connectivity index (χ4n) is 0.946. The van der Waals surface area contributed by atoms with Crippen LogP contribution in [0, 0.1) is 0 Å².